The number of benzene rings is 1. The van der Waals surface area contributed by atoms with Crippen LogP contribution in [0.4, 0.5) is 0 Å². The molecule has 1 aliphatic heterocycles. The molecule has 2 heterocycles. The molecule has 0 radical (unpaired) electrons. The van der Waals surface area contributed by atoms with Crippen LogP contribution in [0.25, 0.3) is 0 Å². The van der Waals surface area contributed by atoms with Crippen LogP contribution < -0.4 is 10.1 Å². The molecule has 0 fully saturated rings. The molecule has 1 N–H and O–H groups in total. The van der Waals surface area contributed by atoms with Crippen molar-refractivity contribution in [2.45, 2.75) is 13.8 Å². The zero-order valence-corrected chi connectivity index (χ0v) is 12.7. The molecule has 0 aliphatic carbocycles. The predicted molar refractivity (Wildman–Crippen MR) is 84.6 cm³/mol. The van der Waals surface area contributed by atoms with Crippen molar-refractivity contribution >= 4 is 17.4 Å². The van der Waals surface area contributed by atoms with Crippen molar-refractivity contribution in [3.63, 3.8) is 0 Å². The SMILES string of the molecule is Cc1cc(Oc2ncccc2C2=NCCN2)cc(C)c1Cl. The Morgan fingerprint density at radius 2 is 2.00 bits per heavy atom. The lowest BCUT2D eigenvalue weighted by atomic mass is 10.1. The normalized spacial score (nSPS) is 13.8. The minimum Gasteiger partial charge on any atom is -0.438 e. The van der Waals surface area contributed by atoms with Gasteiger partial charge in [0.25, 0.3) is 0 Å². The lowest BCUT2D eigenvalue weighted by Gasteiger charge is -2.12. The van der Waals surface area contributed by atoms with E-state index in [0.29, 0.717) is 5.88 Å². The second-order valence-electron chi connectivity index (χ2n) is 4.99. The van der Waals surface area contributed by atoms with Gasteiger partial charge in [0.05, 0.1) is 12.1 Å². The van der Waals surface area contributed by atoms with E-state index in [0.717, 1.165) is 46.4 Å². The van der Waals surface area contributed by atoms with Gasteiger partial charge in [-0.3, -0.25) is 4.99 Å². The summed E-state index contributed by atoms with van der Waals surface area (Å²) in [6, 6.07) is 7.66. The number of aryl methyl sites for hydroxylation is 2. The molecule has 3 rings (SSSR count). The third-order valence-electron chi connectivity index (χ3n) is 3.32. The molecule has 1 aliphatic rings. The first-order valence-corrected chi connectivity index (χ1v) is 7.21. The highest BCUT2D eigenvalue weighted by atomic mass is 35.5. The first kappa shape index (κ1) is 13.9. The van der Waals surface area contributed by atoms with Crippen molar-refractivity contribution in [2.75, 3.05) is 13.1 Å². The highest BCUT2D eigenvalue weighted by Gasteiger charge is 2.15. The van der Waals surface area contributed by atoms with Crippen LogP contribution in [0.2, 0.25) is 5.02 Å². The molecule has 0 saturated carbocycles. The monoisotopic (exact) mass is 301 g/mol. The summed E-state index contributed by atoms with van der Waals surface area (Å²) in [7, 11) is 0. The van der Waals surface area contributed by atoms with E-state index in [9.17, 15) is 0 Å². The van der Waals surface area contributed by atoms with Crippen molar-refractivity contribution in [3.05, 3.63) is 52.2 Å². The van der Waals surface area contributed by atoms with E-state index < -0.39 is 0 Å². The Kier molecular flexibility index (Phi) is 3.80. The summed E-state index contributed by atoms with van der Waals surface area (Å²) in [6.07, 6.45) is 1.71. The van der Waals surface area contributed by atoms with Crippen LogP contribution in [0.1, 0.15) is 16.7 Å². The number of hydrogen-bond acceptors (Lipinski definition) is 4. The van der Waals surface area contributed by atoms with Gasteiger partial charge in [-0.25, -0.2) is 4.98 Å². The number of amidine groups is 1. The van der Waals surface area contributed by atoms with Gasteiger partial charge in [0.15, 0.2) is 0 Å². The lowest BCUT2D eigenvalue weighted by Crippen LogP contribution is -2.20. The molecule has 1 aromatic carbocycles. The van der Waals surface area contributed by atoms with Crippen molar-refractivity contribution < 1.29 is 4.74 Å². The fraction of sp³-hybridized carbons (Fsp3) is 0.250. The highest BCUT2D eigenvalue weighted by Crippen LogP contribution is 2.29. The molecule has 0 amide bonds. The first-order chi connectivity index (χ1) is 10.1. The summed E-state index contributed by atoms with van der Waals surface area (Å²) in [5, 5.41) is 4.01. The number of rotatable bonds is 3. The molecule has 0 spiro atoms. The molecule has 21 heavy (non-hydrogen) atoms. The van der Waals surface area contributed by atoms with Crippen LogP contribution in [0.5, 0.6) is 11.6 Å². The van der Waals surface area contributed by atoms with E-state index >= 15 is 0 Å². The van der Waals surface area contributed by atoms with E-state index in [1.54, 1.807) is 6.20 Å². The van der Waals surface area contributed by atoms with Crippen molar-refractivity contribution in [2.24, 2.45) is 4.99 Å². The molecule has 108 valence electrons. The Morgan fingerprint density at radius 3 is 2.67 bits per heavy atom. The Bertz CT molecular complexity index is 689. The molecule has 0 bridgehead atoms. The van der Waals surface area contributed by atoms with Crippen LogP contribution in [-0.2, 0) is 0 Å². The second kappa shape index (κ2) is 5.74. The predicted octanol–water partition coefficient (Wildman–Crippen LogP) is 3.49. The van der Waals surface area contributed by atoms with Crippen LogP contribution in [0.15, 0.2) is 35.5 Å². The van der Waals surface area contributed by atoms with Gasteiger partial charge in [-0.05, 0) is 49.2 Å². The van der Waals surface area contributed by atoms with Gasteiger partial charge in [0.1, 0.15) is 11.6 Å². The van der Waals surface area contributed by atoms with Crippen LogP contribution in [0, 0.1) is 13.8 Å². The van der Waals surface area contributed by atoms with Gasteiger partial charge in [0, 0.05) is 17.8 Å². The van der Waals surface area contributed by atoms with Gasteiger partial charge in [-0.15, -0.1) is 0 Å². The lowest BCUT2D eigenvalue weighted by molar-refractivity contribution is 0.461. The van der Waals surface area contributed by atoms with Gasteiger partial charge >= 0.3 is 0 Å². The molecule has 5 heteroatoms. The largest absolute Gasteiger partial charge is 0.438 e. The summed E-state index contributed by atoms with van der Waals surface area (Å²) in [4.78, 5) is 8.75. The van der Waals surface area contributed by atoms with Gasteiger partial charge in [0.2, 0.25) is 5.88 Å². The summed E-state index contributed by atoms with van der Waals surface area (Å²) in [5.41, 5.74) is 2.85. The van der Waals surface area contributed by atoms with E-state index in [-0.39, 0.29) is 0 Å². The molecule has 4 nitrogen and oxygen atoms in total. The molecular weight excluding hydrogens is 286 g/mol. The zero-order chi connectivity index (χ0) is 14.8. The Hall–Kier alpha value is -2.07. The Balaban J connectivity index is 1.95. The summed E-state index contributed by atoms with van der Waals surface area (Å²) in [5.74, 6) is 2.11. The smallest absolute Gasteiger partial charge is 0.230 e. The number of nitrogens with zero attached hydrogens (tertiary/aromatic N) is 2. The molecule has 0 unspecified atom stereocenters. The second-order valence-corrected chi connectivity index (χ2v) is 5.36. The molecular formula is C16H16ClN3O. The Labute approximate surface area is 128 Å². The number of aromatic nitrogens is 1. The number of pyridine rings is 1. The van der Waals surface area contributed by atoms with Gasteiger partial charge in [-0.2, -0.15) is 0 Å². The van der Waals surface area contributed by atoms with E-state index in [2.05, 4.69) is 15.3 Å². The van der Waals surface area contributed by atoms with Crippen LogP contribution in [0.3, 0.4) is 0 Å². The quantitative estimate of drug-likeness (QED) is 0.944. The van der Waals surface area contributed by atoms with E-state index in [1.165, 1.54) is 0 Å². The van der Waals surface area contributed by atoms with E-state index in [4.69, 9.17) is 16.3 Å². The summed E-state index contributed by atoms with van der Waals surface area (Å²) >= 11 is 6.19. The third kappa shape index (κ3) is 2.85. The summed E-state index contributed by atoms with van der Waals surface area (Å²) < 4.78 is 5.95. The molecule has 1 aromatic heterocycles. The van der Waals surface area contributed by atoms with Gasteiger partial charge in [-0.1, -0.05) is 11.6 Å². The number of aliphatic imine (C=N–C) groups is 1. The van der Waals surface area contributed by atoms with Crippen molar-refractivity contribution in [3.8, 4) is 11.6 Å². The number of hydrogen-bond donors (Lipinski definition) is 1. The fourth-order valence-corrected chi connectivity index (χ4v) is 2.42. The van der Waals surface area contributed by atoms with Gasteiger partial charge < -0.3 is 10.1 Å². The Morgan fingerprint density at radius 1 is 1.24 bits per heavy atom. The topological polar surface area (TPSA) is 46.5 Å². The van der Waals surface area contributed by atoms with E-state index in [1.807, 2.05) is 38.1 Å². The maximum absolute atomic E-state index is 6.19. The van der Waals surface area contributed by atoms with Crippen molar-refractivity contribution in [1.82, 2.24) is 10.3 Å². The number of nitrogens with one attached hydrogen (secondary N) is 1. The summed E-state index contributed by atoms with van der Waals surface area (Å²) in [6.45, 7) is 5.56. The number of ether oxygens (including phenoxy) is 1. The van der Waals surface area contributed by atoms with Crippen LogP contribution in [-0.4, -0.2) is 23.9 Å². The zero-order valence-electron chi connectivity index (χ0n) is 12.0. The minimum atomic E-state index is 0.548. The molecule has 0 saturated heterocycles. The van der Waals surface area contributed by atoms with Crippen LogP contribution >= 0.6 is 11.6 Å². The third-order valence-corrected chi connectivity index (χ3v) is 3.92. The highest BCUT2D eigenvalue weighted by molar-refractivity contribution is 6.32. The minimum absolute atomic E-state index is 0.548. The fourth-order valence-electron chi connectivity index (χ4n) is 2.31. The average Bonchev–Trinajstić information content (AvgIpc) is 2.99. The molecule has 2 aromatic rings. The molecule has 0 atom stereocenters. The standard InChI is InChI=1S/C16H16ClN3O/c1-10-8-12(9-11(2)14(10)17)21-16-13(4-3-5-20-16)15-18-6-7-19-15/h3-5,8-9H,6-7H2,1-2H3,(H,18,19). The number of halogens is 1. The first-order valence-electron chi connectivity index (χ1n) is 6.83. The average molecular weight is 302 g/mol. The maximum Gasteiger partial charge on any atom is 0.230 e. The van der Waals surface area contributed by atoms with Crippen molar-refractivity contribution in [1.29, 1.82) is 0 Å². The maximum atomic E-state index is 6.19.